The molecule has 0 spiro atoms. The van der Waals surface area contributed by atoms with Crippen molar-refractivity contribution in [3.05, 3.63) is 69.7 Å². The van der Waals surface area contributed by atoms with Crippen LogP contribution in [0.15, 0.2) is 59.2 Å². The second-order valence-corrected chi connectivity index (χ2v) is 6.21. The standard InChI is InChI=1S/C19H18Cl2N2O2/c1-13(10-15-6-4-3-5-7-15)12-22-23-19(24)14(2)25-18-9-8-16(20)11-17(18)21/h3-12,14H,1-2H3,(H,23,24). The van der Waals surface area contributed by atoms with Gasteiger partial charge in [0.25, 0.3) is 5.91 Å². The van der Waals surface area contributed by atoms with E-state index >= 15 is 0 Å². The number of halogens is 2. The molecule has 130 valence electrons. The summed E-state index contributed by atoms with van der Waals surface area (Å²) in [5.74, 6) is 0.00706. The number of ether oxygens (including phenoxy) is 1. The lowest BCUT2D eigenvalue weighted by Crippen LogP contribution is -2.33. The van der Waals surface area contributed by atoms with E-state index in [2.05, 4.69) is 10.5 Å². The molecule has 0 aliphatic heterocycles. The van der Waals surface area contributed by atoms with Gasteiger partial charge >= 0.3 is 0 Å². The highest BCUT2D eigenvalue weighted by atomic mass is 35.5. The van der Waals surface area contributed by atoms with Crippen LogP contribution in [0.25, 0.3) is 6.08 Å². The lowest BCUT2D eigenvalue weighted by atomic mass is 10.1. The number of benzene rings is 2. The van der Waals surface area contributed by atoms with Crippen molar-refractivity contribution in [2.75, 3.05) is 0 Å². The maximum absolute atomic E-state index is 12.0. The van der Waals surface area contributed by atoms with E-state index in [1.54, 1.807) is 31.3 Å². The van der Waals surface area contributed by atoms with Crippen LogP contribution in [-0.4, -0.2) is 18.2 Å². The Hall–Kier alpha value is -2.30. The SMILES string of the molecule is CC(C=NNC(=O)C(C)Oc1ccc(Cl)cc1Cl)=Cc1ccccc1. The Bertz CT molecular complexity index is 789. The van der Waals surface area contributed by atoms with Crippen molar-refractivity contribution in [1.29, 1.82) is 0 Å². The van der Waals surface area contributed by atoms with Gasteiger partial charge in [-0.15, -0.1) is 0 Å². The van der Waals surface area contributed by atoms with Crippen molar-refractivity contribution in [3.63, 3.8) is 0 Å². The van der Waals surface area contributed by atoms with Crippen molar-refractivity contribution in [3.8, 4) is 5.75 Å². The molecule has 25 heavy (non-hydrogen) atoms. The van der Waals surface area contributed by atoms with Gasteiger partial charge in [-0.3, -0.25) is 4.79 Å². The van der Waals surface area contributed by atoms with Crippen LogP contribution in [0.5, 0.6) is 5.75 Å². The second kappa shape index (κ2) is 9.25. The molecule has 0 fully saturated rings. The third kappa shape index (κ3) is 6.25. The molecule has 0 aliphatic rings. The maximum atomic E-state index is 12.0. The van der Waals surface area contributed by atoms with Gasteiger partial charge in [-0.25, -0.2) is 5.43 Å². The molecule has 2 aromatic carbocycles. The van der Waals surface area contributed by atoms with Gasteiger partial charge in [-0.2, -0.15) is 5.10 Å². The van der Waals surface area contributed by atoms with Gasteiger partial charge < -0.3 is 4.74 Å². The van der Waals surface area contributed by atoms with Gasteiger partial charge in [0, 0.05) is 5.02 Å². The minimum atomic E-state index is -0.755. The van der Waals surface area contributed by atoms with Crippen LogP contribution in [0.4, 0.5) is 0 Å². The lowest BCUT2D eigenvalue weighted by molar-refractivity contribution is -0.127. The quantitative estimate of drug-likeness (QED) is 0.571. The van der Waals surface area contributed by atoms with Crippen molar-refractivity contribution in [2.45, 2.75) is 20.0 Å². The minimum Gasteiger partial charge on any atom is -0.479 e. The van der Waals surface area contributed by atoms with Gasteiger partial charge in [0.05, 0.1) is 11.2 Å². The first-order valence-electron chi connectivity index (χ1n) is 7.63. The molecule has 4 nitrogen and oxygen atoms in total. The summed E-state index contributed by atoms with van der Waals surface area (Å²) < 4.78 is 5.52. The van der Waals surface area contributed by atoms with Gasteiger partial charge in [-0.05, 0) is 43.2 Å². The molecule has 0 aliphatic carbocycles. The first-order valence-corrected chi connectivity index (χ1v) is 8.39. The first kappa shape index (κ1) is 19.0. The van der Waals surface area contributed by atoms with E-state index in [0.717, 1.165) is 11.1 Å². The molecular weight excluding hydrogens is 359 g/mol. The second-order valence-electron chi connectivity index (χ2n) is 5.37. The third-order valence-corrected chi connectivity index (χ3v) is 3.73. The summed E-state index contributed by atoms with van der Waals surface area (Å²) in [6, 6.07) is 14.7. The van der Waals surface area contributed by atoms with Crippen molar-refractivity contribution >= 4 is 41.4 Å². The van der Waals surface area contributed by atoms with E-state index in [1.807, 2.05) is 43.3 Å². The Balaban J connectivity index is 1.89. The Kier molecular flexibility index (Phi) is 7.04. The molecule has 0 heterocycles. The lowest BCUT2D eigenvalue weighted by Gasteiger charge is -2.14. The van der Waals surface area contributed by atoms with Crippen molar-refractivity contribution in [1.82, 2.24) is 5.43 Å². The van der Waals surface area contributed by atoms with Crippen LogP contribution in [0.2, 0.25) is 10.0 Å². The molecule has 6 heteroatoms. The van der Waals surface area contributed by atoms with Gasteiger partial charge in [-0.1, -0.05) is 59.6 Å². The van der Waals surface area contributed by atoms with Crippen LogP contribution >= 0.6 is 23.2 Å². The highest BCUT2D eigenvalue weighted by Crippen LogP contribution is 2.28. The Morgan fingerprint density at radius 2 is 1.92 bits per heavy atom. The summed E-state index contributed by atoms with van der Waals surface area (Å²) in [6.07, 6.45) is 2.78. The smallest absolute Gasteiger partial charge is 0.280 e. The fourth-order valence-corrected chi connectivity index (χ4v) is 2.41. The normalized spacial score (nSPS) is 12.9. The summed E-state index contributed by atoms with van der Waals surface area (Å²) in [5.41, 5.74) is 4.41. The largest absolute Gasteiger partial charge is 0.479 e. The van der Waals surface area contributed by atoms with E-state index in [-0.39, 0.29) is 5.91 Å². The maximum Gasteiger partial charge on any atom is 0.280 e. The molecular formula is C19H18Cl2N2O2. The molecule has 1 amide bonds. The highest BCUT2D eigenvalue weighted by molar-refractivity contribution is 6.35. The average Bonchev–Trinajstić information content (AvgIpc) is 2.58. The number of hydrazone groups is 1. The number of nitrogens with zero attached hydrogens (tertiary/aromatic N) is 1. The predicted molar refractivity (Wildman–Crippen MR) is 103 cm³/mol. The zero-order valence-corrected chi connectivity index (χ0v) is 15.4. The minimum absolute atomic E-state index is 0.345. The monoisotopic (exact) mass is 376 g/mol. The molecule has 2 aromatic rings. The predicted octanol–water partition coefficient (Wildman–Crippen LogP) is 4.97. The number of nitrogens with one attached hydrogen (secondary N) is 1. The van der Waals surface area contributed by atoms with E-state index in [1.165, 1.54) is 0 Å². The number of hydrogen-bond donors (Lipinski definition) is 1. The Labute approximate surface area is 157 Å². The number of carbonyl (C=O) groups excluding carboxylic acids is 1. The molecule has 2 rings (SSSR count). The summed E-state index contributed by atoms with van der Waals surface area (Å²) in [4.78, 5) is 12.0. The van der Waals surface area contributed by atoms with E-state index in [0.29, 0.717) is 15.8 Å². The number of allylic oxidation sites excluding steroid dienone is 1. The fraction of sp³-hybridized carbons (Fsp3) is 0.158. The van der Waals surface area contributed by atoms with Crippen molar-refractivity contribution < 1.29 is 9.53 Å². The van der Waals surface area contributed by atoms with E-state index < -0.39 is 6.10 Å². The zero-order chi connectivity index (χ0) is 18.2. The first-order chi connectivity index (χ1) is 12.0. The molecule has 1 unspecified atom stereocenters. The molecule has 1 atom stereocenters. The van der Waals surface area contributed by atoms with Crippen LogP contribution in [0.1, 0.15) is 19.4 Å². The third-order valence-electron chi connectivity index (χ3n) is 3.20. The van der Waals surface area contributed by atoms with E-state index in [4.69, 9.17) is 27.9 Å². The number of rotatable bonds is 6. The molecule has 0 aromatic heterocycles. The molecule has 0 saturated heterocycles. The van der Waals surface area contributed by atoms with Crippen molar-refractivity contribution in [2.24, 2.45) is 5.10 Å². The topological polar surface area (TPSA) is 50.7 Å². The summed E-state index contributed by atoms with van der Waals surface area (Å²) in [6.45, 7) is 3.51. The molecule has 0 bridgehead atoms. The van der Waals surface area contributed by atoms with Crippen LogP contribution in [0, 0.1) is 0 Å². The zero-order valence-electron chi connectivity index (χ0n) is 13.9. The van der Waals surface area contributed by atoms with Gasteiger partial charge in [0.15, 0.2) is 6.10 Å². The van der Waals surface area contributed by atoms with Crippen LogP contribution < -0.4 is 10.2 Å². The van der Waals surface area contributed by atoms with Crippen LogP contribution in [0.3, 0.4) is 0 Å². The van der Waals surface area contributed by atoms with Gasteiger partial charge in [0.1, 0.15) is 5.75 Å². The average molecular weight is 377 g/mol. The number of amides is 1. The van der Waals surface area contributed by atoms with Gasteiger partial charge in [0.2, 0.25) is 0 Å². The summed E-state index contributed by atoms with van der Waals surface area (Å²) in [7, 11) is 0. The fourth-order valence-electron chi connectivity index (χ4n) is 1.95. The number of hydrogen-bond acceptors (Lipinski definition) is 3. The van der Waals surface area contributed by atoms with E-state index in [9.17, 15) is 4.79 Å². The summed E-state index contributed by atoms with van der Waals surface area (Å²) >= 11 is 11.9. The molecule has 1 N–H and O–H groups in total. The highest BCUT2D eigenvalue weighted by Gasteiger charge is 2.15. The molecule has 0 radical (unpaired) electrons. The molecule has 0 saturated carbocycles. The number of carbonyl (C=O) groups is 1. The Morgan fingerprint density at radius 3 is 2.60 bits per heavy atom. The van der Waals surface area contributed by atoms with Crippen LogP contribution in [-0.2, 0) is 4.79 Å². The Morgan fingerprint density at radius 1 is 1.20 bits per heavy atom. The summed E-state index contributed by atoms with van der Waals surface area (Å²) in [5, 5.41) is 4.78.